The Kier molecular flexibility index (Phi) is 2.28. The predicted molar refractivity (Wildman–Crippen MR) is 68.8 cm³/mol. The number of hydrogen-bond acceptors (Lipinski definition) is 3. The molecule has 1 aliphatic carbocycles. The Hall–Kier alpha value is -2.17. The van der Waals surface area contributed by atoms with Crippen LogP contribution in [0.4, 0.5) is 4.39 Å². The summed E-state index contributed by atoms with van der Waals surface area (Å²) in [5, 5.41) is 0. The molecule has 0 N–H and O–H groups in total. The number of benzene rings is 1. The van der Waals surface area contributed by atoms with Gasteiger partial charge in [0.15, 0.2) is 0 Å². The zero-order valence-electron chi connectivity index (χ0n) is 10.8. The molecule has 1 saturated carbocycles. The maximum atomic E-state index is 13.4. The average molecular weight is 272 g/mol. The summed E-state index contributed by atoms with van der Waals surface area (Å²) in [6.45, 7) is 0. The summed E-state index contributed by atoms with van der Waals surface area (Å²) >= 11 is 0. The molecule has 2 aliphatic rings. The summed E-state index contributed by atoms with van der Waals surface area (Å²) in [6, 6.07) is 4.23. The van der Waals surface area contributed by atoms with Gasteiger partial charge in [-0.3, -0.25) is 0 Å². The van der Waals surface area contributed by atoms with Crippen molar-refractivity contribution in [1.82, 2.24) is 9.55 Å². The van der Waals surface area contributed by atoms with E-state index >= 15 is 0 Å². The number of carbonyl (C=O) groups is 1. The summed E-state index contributed by atoms with van der Waals surface area (Å²) in [4.78, 5) is 16.2. The Morgan fingerprint density at radius 3 is 2.90 bits per heavy atom. The molecule has 4 rings (SSSR count). The molecule has 1 unspecified atom stereocenters. The number of carbonyl (C=O) groups excluding carboxylic acids is 1. The van der Waals surface area contributed by atoms with Gasteiger partial charge in [0.2, 0.25) is 0 Å². The van der Waals surface area contributed by atoms with Crippen molar-refractivity contribution in [3.8, 4) is 0 Å². The highest BCUT2D eigenvalue weighted by molar-refractivity contribution is 5.93. The van der Waals surface area contributed by atoms with Gasteiger partial charge in [-0.1, -0.05) is 6.07 Å². The number of rotatable bonds is 1. The number of esters is 1. The standard InChI is InChI=1S/C15H13FN2O2/c16-10-2-3-11-12(8-10)14(19)20-15(4-1-5-15)13(11)18-7-6-17-9-18/h2-3,6-9,13H,1,4-5H2. The fourth-order valence-electron chi connectivity index (χ4n) is 3.28. The van der Waals surface area contributed by atoms with Crippen LogP contribution < -0.4 is 0 Å². The molecular weight excluding hydrogens is 259 g/mol. The fraction of sp³-hybridized carbons (Fsp3) is 0.333. The Bertz CT molecular complexity index is 677. The van der Waals surface area contributed by atoms with Gasteiger partial charge >= 0.3 is 5.97 Å². The topological polar surface area (TPSA) is 44.1 Å². The fourth-order valence-corrected chi connectivity index (χ4v) is 3.28. The summed E-state index contributed by atoms with van der Waals surface area (Å²) < 4.78 is 21.0. The zero-order valence-corrected chi connectivity index (χ0v) is 10.8. The van der Waals surface area contributed by atoms with Crippen LogP contribution in [-0.2, 0) is 4.74 Å². The third kappa shape index (κ3) is 1.46. The first-order valence-electron chi connectivity index (χ1n) is 6.70. The summed E-state index contributed by atoms with van der Waals surface area (Å²) in [5.74, 6) is -0.842. The van der Waals surface area contributed by atoms with E-state index in [1.807, 2.05) is 10.8 Å². The van der Waals surface area contributed by atoms with Crippen LogP contribution in [0.1, 0.15) is 41.2 Å². The van der Waals surface area contributed by atoms with Crippen LogP contribution in [0.2, 0.25) is 0 Å². The largest absolute Gasteiger partial charge is 0.453 e. The number of fused-ring (bicyclic) bond motifs is 1. The average Bonchev–Trinajstić information content (AvgIpc) is 2.90. The molecule has 102 valence electrons. The van der Waals surface area contributed by atoms with Crippen molar-refractivity contribution >= 4 is 5.97 Å². The second kappa shape index (κ2) is 3.91. The highest BCUT2D eigenvalue weighted by Gasteiger charge is 2.53. The molecule has 0 amide bonds. The molecule has 0 bridgehead atoms. The molecule has 2 aromatic rings. The van der Waals surface area contributed by atoms with E-state index in [0.717, 1.165) is 24.8 Å². The summed E-state index contributed by atoms with van der Waals surface area (Å²) in [5.41, 5.74) is 0.643. The van der Waals surface area contributed by atoms with Gasteiger partial charge in [0.25, 0.3) is 0 Å². The lowest BCUT2D eigenvalue weighted by Crippen LogP contribution is -2.52. The van der Waals surface area contributed by atoms with Crippen molar-refractivity contribution < 1.29 is 13.9 Å². The summed E-state index contributed by atoms with van der Waals surface area (Å²) in [7, 11) is 0. The Morgan fingerprint density at radius 2 is 2.25 bits per heavy atom. The molecule has 4 nitrogen and oxygen atoms in total. The minimum absolute atomic E-state index is 0.118. The first kappa shape index (κ1) is 11.6. The van der Waals surface area contributed by atoms with E-state index in [1.54, 1.807) is 18.6 Å². The van der Waals surface area contributed by atoms with E-state index in [-0.39, 0.29) is 6.04 Å². The number of hydrogen-bond donors (Lipinski definition) is 0. The minimum atomic E-state index is -0.497. The van der Waals surface area contributed by atoms with E-state index in [2.05, 4.69) is 4.98 Å². The Morgan fingerprint density at radius 1 is 1.40 bits per heavy atom. The van der Waals surface area contributed by atoms with Gasteiger partial charge in [-0.25, -0.2) is 14.2 Å². The van der Waals surface area contributed by atoms with Crippen LogP contribution in [0.3, 0.4) is 0 Å². The van der Waals surface area contributed by atoms with Crippen molar-refractivity contribution in [3.05, 3.63) is 53.9 Å². The van der Waals surface area contributed by atoms with Gasteiger partial charge in [0, 0.05) is 12.4 Å². The van der Waals surface area contributed by atoms with Gasteiger partial charge < -0.3 is 9.30 Å². The predicted octanol–water partition coefficient (Wildman–Crippen LogP) is 2.70. The molecular formula is C15H13FN2O2. The molecule has 1 aromatic heterocycles. The lowest BCUT2D eigenvalue weighted by molar-refractivity contribution is -0.0924. The third-order valence-electron chi connectivity index (χ3n) is 4.35. The van der Waals surface area contributed by atoms with E-state index in [0.29, 0.717) is 5.56 Å². The van der Waals surface area contributed by atoms with Gasteiger partial charge in [0.1, 0.15) is 17.5 Å². The lowest BCUT2D eigenvalue weighted by Gasteiger charge is -2.49. The van der Waals surface area contributed by atoms with Crippen LogP contribution in [-0.4, -0.2) is 21.1 Å². The van der Waals surface area contributed by atoms with Crippen molar-refractivity contribution in [3.63, 3.8) is 0 Å². The van der Waals surface area contributed by atoms with Crippen LogP contribution >= 0.6 is 0 Å². The van der Waals surface area contributed by atoms with Crippen molar-refractivity contribution in [1.29, 1.82) is 0 Å². The highest BCUT2D eigenvalue weighted by Crippen LogP contribution is 2.51. The van der Waals surface area contributed by atoms with Crippen molar-refractivity contribution in [2.24, 2.45) is 0 Å². The van der Waals surface area contributed by atoms with E-state index in [4.69, 9.17) is 4.74 Å². The quantitative estimate of drug-likeness (QED) is 0.750. The maximum absolute atomic E-state index is 13.4. The number of imidazole rings is 1. The number of halogens is 1. The molecule has 1 atom stereocenters. The molecule has 0 saturated heterocycles. The number of ether oxygens (including phenoxy) is 1. The SMILES string of the molecule is O=C1OC2(CCC2)C(n2ccnc2)c2ccc(F)cc21. The van der Waals surface area contributed by atoms with Crippen molar-refractivity contribution in [2.75, 3.05) is 0 Å². The molecule has 1 spiro atoms. The lowest BCUT2D eigenvalue weighted by atomic mass is 9.70. The third-order valence-corrected chi connectivity index (χ3v) is 4.35. The molecule has 1 aliphatic heterocycles. The maximum Gasteiger partial charge on any atom is 0.339 e. The molecule has 2 heterocycles. The zero-order chi connectivity index (χ0) is 13.7. The van der Waals surface area contributed by atoms with Crippen LogP contribution in [0.25, 0.3) is 0 Å². The van der Waals surface area contributed by atoms with Gasteiger partial charge in [-0.15, -0.1) is 0 Å². The van der Waals surface area contributed by atoms with E-state index in [9.17, 15) is 9.18 Å². The van der Waals surface area contributed by atoms with Crippen LogP contribution in [0, 0.1) is 5.82 Å². The van der Waals surface area contributed by atoms with Gasteiger partial charge in [-0.05, 0) is 37.0 Å². The second-order valence-electron chi connectivity index (χ2n) is 5.45. The second-order valence-corrected chi connectivity index (χ2v) is 5.45. The van der Waals surface area contributed by atoms with Gasteiger partial charge in [0.05, 0.1) is 11.9 Å². The van der Waals surface area contributed by atoms with Crippen molar-refractivity contribution in [2.45, 2.75) is 30.9 Å². The highest BCUT2D eigenvalue weighted by atomic mass is 19.1. The van der Waals surface area contributed by atoms with Gasteiger partial charge in [-0.2, -0.15) is 0 Å². The molecule has 5 heteroatoms. The number of nitrogens with zero attached hydrogens (tertiary/aromatic N) is 2. The van der Waals surface area contributed by atoms with Crippen LogP contribution in [0.5, 0.6) is 0 Å². The molecule has 1 fully saturated rings. The first-order valence-corrected chi connectivity index (χ1v) is 6.70. The monoisotopic (exact) mass is 272 g/mol. The smallest absolute Gasteiger partial charge is 0.339 e. The number of aromatic nitrogens is 2. The molecule has 0 radical (unpaired) electrons. The van der Waals surface area contributed by atoms with E-state index in [1.165, 1.54) is 12.1 Å². The Labute approximate surface area is 115 Å². The Balaban J connectivity index is 1.93. The molecule has 1 aromatic carbocycles. The first-order chi connectivity index (χ1) is 9.70. The van der Waals surface area contributed by atoms with Crippen LogP contribution in [0.15, 0.2) is 36.9 Å². The summed E-state index contributed by atoms with van der Waals surface area (Å²) in [6.07, 6.45) is 7.98. The normalized spacial score (nSPS) is 23.1. The molecule has 20 heavy (non-hydrogen) atoms. The minimum Gasteiger partial charge on any atom is -0.453 e. The van der Waals surface area contributed by atoms with E-state index < -0.39 is 17.4 Å².